The van der Waals surface area contributed by atoms with Crippen molar-refractivity contribution < 1.29 is 18.7 Å². The number of benzene rings is 3. The van der Waals surface area contributed by atoms with Crippen molar-refractivity contribution in [3.05, 3.63) is 93.8 Å². The molecule has 3 aromatic carbocycles. The van der Waals surface area contributed by atoms with Gasteiger partial charge in [0.25, 0.3) is 5.91 Å². The Labute approximate surface area is 210 Å². The van der Waals surface area contributed by atoms with Gasteiger partial charge in [-0.25, -0.2) is 4.39 Å². The molecule has 0 radical (unpaired) electrons. The van der Waals surface area contributed by atoms with E-state index in [-0.39, 0.29) is 23.8 Å². The predicted octanol–water partition coefficient (Wildman–Crippen LogP) is 5.80. The number of carbonyl (C=O) groups excluding carboxylic acids is 1. The van der Waals surface area contributed by atoms with Crippen LogP contribution in [0, 0.1) is 5.82 Å². The molecule has 0 aromatic heterocycles. The maximum atomic E-state index is 13.9. The number of carbonyl (C=O) groups is 1. The van der Waals surface area contributed by atoms with Crippen LogP contribution in [-0.4, -0.2) is 37.6 Å². The lowest BCUT2D eigenvalue weighted by Crippen LogP contribution is -2.48. The molecule has 5 nitrogen and oxygen atoms in total. The average molecular weight is 497 g/mol. The number of amides is 1. The van der Waals surface area contributed by atoms with E-state index in [1.54, 1.807) is 50.6 Å². The largest absolute Gasteiger partial charge is 0.493 e. The first-order valence-electron chi connectivity index (χ1n) is 11.7. The van der Waals surface area contributed by atoms with Gasteiger partial charge in [-0.1, -0.05) is 42.8 Å². The lowest BCUT2D eigenvalue weighted by atomic mass is 9.86. The number of methoxy groups -OCH3 is 2. The normalized spacial score (nSPS) is 16.3. The van der Waals surface area contributed by atoms with E-state index in [0.717, 1.165) is 29.7 Å². The minimum atomic E-state index is -0.262. The molecule has 1 amide bonds. The smallest absolute Gasteiger partial charge is 0.253 e. The van der Waals surface area contributed by atoms with Crippen LogP contribution in [0.15, 0.2) is 60.7 Å². The van der Waals surface area contributed by atoms with Crippen molar-refractivity contribution in [2.24, 2.45) is 0 Å². The van der Waals surface area contributed by atoms with E-state index in [0.29, 0.717) is 35.1 Å². The van der Waals surface area contributed by atoms with E-state index < -0.39 is 0 Å². The fourth-order valence-corrected chi connectivity index (χ4v) is 5.06. The minimum absolute atomic E-state index is 0.154. The van der Waals surface area contributed by atoms with Crippen LogP contribution in [0.4, 0.5) is 4.39 Å². The van der Waals surface area contributed by atoms with E-state index in [4.69, 9.17) is 21.1 Å². The minimum Gasteiger partial charge on any atom is -0.493 e. The van der Waals surface area contributed by atoms with Crippen molar-refractivity contribution >= 4 is 17.5 Å². The third kappa shape index (κ3) is 5.44. The fraction of sp³-hybridized carbons (Fsp3) is 0.321. The maximum Gasteiger partial charge on any atom is 0.253 e. The first-order chi connectivity index (χ1) is 16.9. The molecule has 1 N–H and O–H groups in total. The van der Waals surface area contributed by atoms with E-state index in [2.05, 4.69) is 10.2 Å². The molecule has 0 aliphatic carbocycles. The van der Waals surface area contributed by atoms with Crippen LogP contribution in [-0.2, 0) is 13.0 Å². The predicted molar refractivity (Wildman–Crippen MR) is 136 cm³/mol. The van der Waals surface area contributed by atoms with E-state index in [1.807, 2.05) is 25.1 Å². The quantitative estimate of drug-likeness (QED) is 0.428. The SMILES string of the molecule is CCC(NC(=O)c1ccccc1Cl)C1c2cc(OC)c(OC)cc2CCN1Cc1cccc(F)c1. The summed E-state index contributed by atoms with van der Waals surface area (Å²) in [5.41, 5.74) is 3.53. The number of hydrogen-bond donors (Lipinski definition) is 1. The van der Waals surface area contributed by atoms with Crippen molar-refractivity contribution in [3.8, 4) is 11.5 Å². The Morgan fingerprint density at radius 3 is 2.54 bits per heavy atom. The van der Waals surface area contributed by atoms with Gasteiger partial charge < -0.3 is 14.8 Å². The van der Waals surface area contributed by atoms with Gasteiger partial charge in [0, 0.05) is 19.1 Å². The molecule has 3 aromatic rings. The Morgan fingerprint density at radius 1 is 1.11 bits per heavy atom. The third-order valence-corrected chi connectivity index (χ3v) is 6.89. The lowest BCUT2D eigenvalue weighted by Gasteiger charge is -2.42. The molecule has 184 valence electrons. The van der Waals surface area contributed by atoms with Gasteiger partial charge in [-0.15, -0.1) is 0 Å². The molecule has 7 heteroatoms. The van der Waals surface area contributed by atoms with Gasteiger partial charge in [0.15, 0.2) is 11.5 Å². The second kappa shape index (κ2) is 11.1. The monoisotopic (exact) mass is 496 g/mol. The molecule has 1 aliphatic heterocycles. The van der Waals surface area contributed by atoms with Crippen LogP contribution >= 0.6 is 11.6 Å². The molecule has 0 bridgehead atoms. The summed E-state index contributed by atoms with van der Waals surface area (Å²) in [6, 6.07) is 17.3. The van der Waals surface area contributed by atoms with E-state index >= 15 is 0 Å². The number of ether oxygens (including phenoxy) is 2. The van der Waals surface area contributed by atoms with Gasteiger partial charge in [-0.3, -0.25) is 9.69 Å². The number of hydrogen-bond acceptors (Lipinski definition) is 4. The summed E-state index contributed by atoms with van der Waals surface area (Å²) in [5.74, 6) is 0.829. The van der Waals surface area contributed by atoms with Crippen LogP contribution < -0.4 is 14.8 Å². The maximum absolute atomic E-state index is 13.9. The summed E-state index contributed by atoms with van der Waals surface area (Å²) < 4.78 is 25.1. The summed E-state index contributed by atoms with van der Waals surface area (Å²) in [6.45, 7) is 3.35. The van der Waals surface area contributed by atoms with Gasteiger partial charge in [0.2, 0.25) is 0 Å². The summed E-state index contributed by atoms with van der Waals surface area (Å²) in [4.78, 5) is 15.5. The lowest BCUT2D eigenvalue weighted by molar-refractivity contribution is 0.0859. The molecular formula is C28H30ClFN2O3. The zero-order valence-electron chi connectivity index (χ0n) is 20.2. The highest BCUT2D eigenvalue weighted by Crippen LogP contribution is 2.40. The summed E-state index contributed by atoms with van der Waals surface area (Å²) in [6.07, 6.45) is 1.49. The zero-order valence-corrected chi connectivity index (χ0v) is 20.9. The van der Waals surface area contributed by atoms with Gasteiger partial charge in [-0.2, -0.15) is 0 Å². The van der Waals surface area contributed by atoms with Crippen molar-refractivity contribution in [2.75, 3.05) is 20.8 Å². The number of halogens is 2. The average Bonchev–Trinajstić information content (AvgIpc) is 2.86. The highest BCUT2D eigenvalue weighted by Gasteiger charge is 2.35. The third-order valence-electron chi connectivity index (χ3n) is 6.56. The van der Waals surface area contributed by atoms with Crippen LogP contribution in [0.5, 0.6) is 11.5 Å². The van der Waals surface area contributed by atoms with Gasteiger partial charge in [-0.05, 0) is 65.9 Å². The molecule has 4 rings (SSSR count). The number of nitrogens with zero attached hydrogens (tertiary/aromatic N) is 1. The van der Waals surface area contributed by atoms with E-state index in [1.165, 1.54) is 6.07 Å². The molecule has 1 heterocycles. The van der Waals surface area contributed by atoms with Gasteiger partial charge in [0.1, 0.15) is 5.82 Å². The molecule has 0 saturated heterocycles. The van der Waals surface area contributed by atoms with Crippen LogP contribution in [0.25, 0.3) is 0 Å². The molecule has 1 aliphatic rings. The van der Waals surface area contributed by atoms with Gasteiger partial charge >= 0.3 is 0 Å². The topological polar surface area (TPSA) is 50.8 Å². The Kier molecular flexibility index (Phi) is 7.93. The molecule has 0 fully saturated rings. The zero-order chi connectivity index (χ0) is 24.9. The molecule has 0 saturated carbocycles. The van der Waals surface area contributed by atoms with Crippen molar-refractivity contribution in [2.45, 2.75) is 38.4 Å². The molecule has 2 atom stereocenters. The number of fused-ring (bicyclic) bond motifs is 1. The molecule has 35 heavy (non-hydrogen) atoms. The Hall–Kier alpha value is -3.09. The van der Waals surface area contributed by atoms with Crippen LogP contribution in [0.1, 0.15) is 46.4 Å². The Bertz CT molecular complexity index is 1200. The standard InChI is InChI=1S/C28H30ClFN2O3/c1-4-24(31-28(33)21-10-5-6-11-23(21)29)27-22-16-26(35-3)25(34-2)15-19(22)12-13-32(27)17-18-8-7-9-20(30)14-18/h5-11,14-16,24,27H,4,12-13,17H2,1-3H3,(H,31,33). The summed E-state index contributed by atoms with van der Waals surface area (Å²) in [7, 11) is 3.24. The number of rotatable bonds is 8. The molecule has 0 spiro atoms. The second-order valence-corrected chi connectivity index (χ2v) is 9.08. The summed E-state index contributed by atoms with van der Waals surface area (Å²) >= 11 is 6.30. The van der Waals surface area contributed by atoms with Crippen molar-refractivity contribution in [1.29, 1.82) is 0 Å². The van der Waals surface area contributed by atoms with Gasteiger partial charge in [0.05, 0.1) is 30.8 Å². The number of nitrogens with one attached hydrogen (secondary N) is 1. The summed E-state index contributed by atoms with van der Waals surface area (Å²) in [5, 5.41) is 3.63. The fourth-order valence-electron chi connectivity index (χ4n) is 4.84. The Morgan fingerprint density at radius 2 is 1.86 bits per heavy atom. The van der Waals surface area contributed by atoms with Crippen molar-refractivity contribution in [1.82, 2.24) is 10.2 Å². The van der Waals surface area contributed by atoms with Crippen LogP contribution in [0.3, 0.4) is 0 Å². The van der Waals surface area contributed by atoms with E-state index in [9.17, 15) is 9.18 Å². The first-order valence-corrected chi connectivity index (χ1v) is 12.1. The molecule has 2 unspecified atom stereocenters. The first kappa shape index (κ1) is 25.0. The molecular weight excluding hydrogens is 467 g/mol. The highest BCUT2D eigenvalue weighted by atomic mass is 35.5. The second-order valence-electron chi connectivity index (χ2n) is 8.67. The highest BCUT2D eigenvalue weighted by molar-refractivity contribution is 6.33. The van der Waals surface area contributed by atoms with Crippen LogP contribution in [0.2, 0.25) is 5.02 Å². The van der Waals surface area contributed by atoms with Crippen molar-refractivity contribution in [3.63, 3.8) is 0 Å². The Balaban J connectivity index is 1.74.